The van der Waals surface area contributed by atoms with Gasteiger partial charge >= 0.3 is 6.03 Å². The van der Waals surface area contributed by atoms with Crippen LogP contribution in [0.1, 0.15) is 23.3 Å². The summed E-state index contributed by atoms with van der Waals surface area (Å²) in [6.45, 7) is 2.85. The van der Waals surface area contributed by atoms with Gasteiger partial charge in [-0.25, -0.2) is 4.79 Å². The number of hydrogen-bond acceptors (Lipinski definition) is 3. The van der Waals surface area contributed by atoms with Crippen molar-refractivity contribution in [2.24, 2.45) is 7.05 Å². The summed E-state index contributed by atoms with van der Waals surface area (Å²) in [6, 6.07) is 1.98. The lowest BCUT2D eigenvalue weighted by atomic mass is 10.0. The number of aromatic nitrogens is 1. The van der Waals surface area contributed by atoms with E-state index in [1.807, 2.05) is 16.8 Å². The average Bonchev–Trinajstić information content (AvgIpc) is 3.04. The number of nitrogen functional groups attached to an aromatic ring is 1. The van der Waals surface area contributed by atoms with Crippen LogP contribution < -0.4 is 11.1 Å². The van der Waals surface area contributed by atoms with Crippen LogP contribution in [0.5, 0.6) is 0 Å². The van der Waals surface area contributed by atoms with E-state index in [4.69, 9.17) is 5.73 Å². The first-order chi connectivity index (χ1) is 10.1. The molecule has 7 heteroatoms. The van der Waals surface area contributed by atoms with Gasteiger partial charge in [0.1, 0.15) is 5.69 Å². The summed E-state index contributed by atoms with van der Waals surface area (Å²) in [7, 11) is 1.82. The Hall–Kier alpha value is -2.18. The lowest BCUT2D eigenvalue weighted by Gasteiger charge is -2.36. The molecule has 0 bridgehead atoms. The predicted molar refractivity (Wildman–Crippen MR) is 78.9 cm³/mol. The molecule has 3 N–H and O–H groups in total. The van der Waals surface area contributed by atoms with Crippen molar-refractivity contribution in [3.05, 3.63) is 18.0 Å². The summed E-state index contributed by atoms with van der Waals surface area (Å²) in [5.74, 6) is 0.0125. The molecular formula is C14H21N5O2. The van der Waals surface area contributed by atoms with E-state index in [1.165, 1.54) is 0 Å². The minimum absolute atomic E-state index is 0.0125. The molecule has 2 aliphatic rings. The van der Waals surface area contributed by atoms with Gasteiger partial charge in [-0.3, -0.25) is 4.79 Å². The number of rotatable bonds is 2. The van der Waals surface area contributed by atoms with Gasteiger partial charge in [0.05, 0.1) is 5.69 Å². The Bertz CT molecular complexity index is 560. The SMILES string of the molecule is Cn1cc(N)cc1C(=O)N1CCC(N2CCNC2=O)CC1. The molecule has 0 atom stereocenters. The van der Waals surface area contributed by atoms with Gasteiger partial charge in [-0.2, -0.15) is 0 Å². The van der Waals surface area contributed by atoms with Crippen molar-refractivity contribution in [3.63, 3.8) is 0 Å². The minimum Gasteiger partial charge on any atom is -0.397 e. The fourth-order valence-electron chi connectivity index (χ4n) is 3.18. The van der Waals surface area contributed by atoms with Gasteiger partial charge in [-0.1, -0.05) is 0 Å². The predicted octanol–water partition coefficient (Wildman–Crippen LogP) is 0.237. The quantitative estimate of drug-likeness (QED) is 0.818. The lowest BCUT2D eigenvalue weighted by molar-refractivity contribution is 0.0657. The Balaban J connectivity index is 1.62. The molecule has 0 spiro atoms. The van der Waals surface area contributed by atoms with Crippen LogP contribution in [0.25, 0.3) is 0 Å². The summed E-state index contributed by atoms with van der Waals surface area (Å²) >= 11 is 0. The number of amides is 3. The number of nitrogens with one attached hydrogen (secondary N) is 1. The van der Waals surface area contributed by atoms with Crippen molar-refractivity contribution >= 4 is 17.6 Å². The van der Waals surface area contributed by atoms with Crippen molar-refractivity contribution in [1.82, 2.24) is 19.7 Å². The second kappa shape index (κ2) is 5.31. The second-order valence-electron chi connectivity index (χ2n) is 5.72. The van der Waals surface area contributed by atoms with Gasteiger partial charge in [0.25, 0.3) is 5.91 Å². The topological polar surface area (TPSA) is 83.6 Å². The zero-order chi connectivity index (χ0) is 15.0. The maximum atomic E-state index is 12.5. The third-order valence-electron chi connectivity index (χ3n) is 4.33. The molecule has 2 aliphatic heterocycles. The molecule has 3 amide bonds. The largest absolute Gasteiger partial charge is 0.397 e. The minimum atomic E-state index is 0.0125. The highest BCUT2D eigenvalue weighted by Gasteiger charge is 2.32. The molecule has 114 valence electrons. The third kappa shape index (κ3) is 2.55. The van der Waals surface area contributed by atoms with Crippen LogP contribution in [0.2, 0.25) is 0 Å². The van der Waals surface area contributed by atoms with Gasteiger partial charge in [0, 0.05) is 45.5 Å². The number of likely N-dealkylation sites (tertiary alicyclic amines) is 1. The Morgan fingerprint density at radius 2 is 2.05 bits per heavy atom. The highest BCUT2D eigenvalue weighted by Crippen LogP contribution is 2.20. The second-order valence-corrected chi connectivity index (χ2v) is 5.72. The summed E-state index contributed by atoms with van der Waals surface area (Å²) in [6.07, 6.45) is 3.41. The van der Waals surface area contributed by atoms with Crippen LogP contribution in [-0.4, -0.2) is 58.5 Å². The van der Waals surface area contributed by atoms with E-state index >= 15 is 0 Å². The molecule has 0 saturated carbocycles. The Morgan fingerprint density at radius 1 is 1.33 bits per heavy atom. The first-order valence-electron chi connectivity index (χ1n) is 7.32. The van der Waals surface area contributed by atoms with E-state index in [0.717, 1.165) is 25.9 Å². The third-order valence-corrected chi connectivity index (χ3v) is 4.33. The first kappa shape index (κ1) is 13.8. The first-order valence-corrected chi connectivity index (χ1v) is 7.32. The number of nitrogens with zero attached hydrogens (tertiary/aromatic N) is 3. The van der Waals surface area contributed by atoms with Crippen LogP contribution in [-0.2, 0) is 7.05 Å². The Morgan fingerprint density at radius 3 is 2.57 bits per heavy atom. The summed E-state index contributed by atoms with van der Waals surface area (Å²) in [5.41, 5.74) is 6.94. The van der Waals surface area contributed by atoms with E-state index in [2.05, 4.69) is 5.32 Å². The van der Waals surface area contributed by atoms with Crippen molar-refractivity contribution in [2.75, 3.05) is 31.9 Å². The van der Waals surface area contributed by atoms with E-state index < -0.39 is 0 Å². The maximum Gasteiger partial charge on any atom is 0.317 e. The molecule has 3 rings (SSSR count). The Labute approximate surface area is 123 Å². The van der Waals surface area contributed by atoms with Gasteiger partial charge in [0.15, 0.2) is 0 Å². The average molecular weight is 291 g/mol. The van der Waals surface area contributed by atoms with Crippen LogP contribution in [0.4, 0.5) is 10.5 Å². The van der Waals surface area contributed by atoms with E-state index in [-0.39, 0.29) is 18.0 Å². The molecule has 1 aromatic heterocycles. The number of urea groups is 1. The van der Waals surface area contributed by atoms with Crippen LogP contribution >= 0.6 is 0 Å². The van der Waals surface area contributed by atoms with Gasteiger partial charge in [-0.05, 0) is 18.9 Å². The zero-order valence-electron chi connectivity index (χ0n) is 12.2. The normalized spacial score (nSPS) is 20.0. The van der Waals surface area contributed by atoms with Gasteiger partial charge in [-0.15, -0.1) is 0 Å². The smallest absolute Gasteiger partial charge is 0.317 e. The van der Waals surface area contributed by atoms with Crippen molar-refractivity contribution in [2.45, 2.75) is 18.9 Å². The zero-order valence-corrected chi connectivity index (χ0v) is 12.2. The number of piperidine rings is 1. The Kier molecular flexibility index (Phi) is 3.48. The molecule has 0 unspecified atom stereocenters. The number of carbonyl (C=O) groups is 2. The highest BCUT2D eigenvalue weighted by molar-refractivity contribution is 5.93. The molecule has 0 radical (unpaired) electrons. The number of hydrogen-bond donors (Lipinski definition) is 2. The van der Waals surface area contributed by atoms with Crippen LogP contribution in [0.3, 0.4) is 0 Å². The fourth-order valence-corrected chi connectivity index (χ4v) is 3.18. The molecule has 7 nitrogen and oxygen atoms in total. The van der Waals surface area contributed by atoms with Crippen molar-refractivity contribution < 1.29 is 9.59 Å². The highest BCUT2D eigenvalue weighted by atomic mass is 16.2. The summed E-state index contributed by atoms with van der Waals surface area (Å²) in [5, 5.41) is 2.83. The molecule has 3 heterocycles. The summed E-state index contributed by atoms with van der Waals surface area (Å²) < 4.78 is 1.76. The number of anilines is 1. The molecule has 21 heavy (non-hydrogen) atoms. The van der Waals surface area contributed by atoms with Crippen molar-refractivity contribution in [1.29, 1.82) is 0 Å². The standard InChI is InChI=1S/C14H21N5O2/c1-17-9-10(15)8-12(17)13(20)18-5-2-11(3-6-18)19-7-4-16-14(19)21/h8-9,11H,2-7,15H2,1H3,(H,16,21). The summed E-state index contributed by atoms with van der Waals surface area (Å²) in [4.78, 5) is 27.9. The monoisotopic (exact) mass is 291 g/mol. The molecular weight excluding hydrogens is 270 g/mol. The lowest BCUT2D eigenvalue weighted by Crippen LogP contribution is -2.48. The number of aryl methyl sites for hydroxylation is 1. The molecule has 0 aromatic carbocycles. The fraction of sp³-hybridized carbons (Fsp3) is 0.571. The number of nitrogens with two attached hydrogens (primary N) is 1. The molecule has 2 saturated heterocycles. The molecule has 2 fully saturated rings. The van der Waals surface area contributed by atoms with E-state index in [0.29, 0.717) is 24.5 Å². The van der Waals surface area contributed by atoms with Gasteiger partial charge < -0.3 is 25.4 Å². The van der Waals surface area contributed by atoms with Crippen molar-refractivity contribution in [3.8, 4) is 0 Å². The van der Waals surface area contributed by atoms with Gasteiger partial charge in [0.2, 0.25) is 0 Å². The van der Waals surface area contributed by atoms with E-state index in [1.54, 1.807) is 16.8 Å². The van der Waals surface area contributed by atoms with E-state index in [9.17, 15) is 9.59 Å². The maximum absolute atomic E-state index is 12.5. The van der Waals surface area contributed by atoms with Crippen LogP contribution in [0.15, 0.2) is 12.3 Å². The molecule has 1 aromatic rings. The van der Waals surface area contributed by atoms with Crippen LogP contribution in [0, 0.1) is 0 Å². The molecule has 0 aliphatic carbocycles. The number of carbonyl (C=O) groups excluding carboxylic acids is 2.